The normalized spacial score (nSPS) is 11.5. The third-order valence-electron chi connectivity index (χ3n) is 11.1. The molecule has 2 aromatic heterocycles. The Bertz CT molecular complexity index is 3210. The molecular formula is C54H35NO2. The van der Waals surface area contributed by atoms with E-state index in [1.807, 2.05) is 18.2 Å². The zero-order valence-corrected chi connectivity index (χ0v) is 31.0. The van der Waals surface area contributed by atoms with Crippen LogP contribution in [0.15, 0.2) is 221 Å². The number of hydrogen-bond acceptors (Lipinski definition) is 3. The summed E-state index contributed by atoms with van der Waals surface area (Å²) in [6.45, 7) is 0. The minimum absolute atomic E-state index is 0.843. The molecule has 0 unspecified atom stereocenters. The van der Waals surface area contributed by atoms with Crippen molar-refractivity contribution in [3.8, 4) is 44.5 Å². The minimum Gasteiger partial charge on any atom is -0.456 e. The van der Waals surface area contributed by atoms with Crippen LogP contribution < -0.4 is 4.90 Å². The first-order valence-corrected chi connectivity index (χ1v) is 19.3. The van der Waals surface area contributed by atoms with Gasteiger partial charge in [0.05, 0.1) is 5.69 Å². The van der Waals surface area contributed by atoms with Gasteiger partial charge in [-0.05, 0) is 93.5 Å². The predicted octanol–water partition coefficient (Wildman–Crippen LogP) is 15.6. The lowest BCUT2D eigenvalue weighted by Crippen LogP contribution is -2.10. The summed E-state index contributed by atoms with van der Waals surface area (Å²) in [6, 6.07) is 75.0. The van der Waals surface area contributed by atoms with Gasteiger partial charge in [-0.1, -0.05) is 158 Å². The van der Waals surface area contributed by atoms with Crippen molar-refractivity contribution < 1.29 is 8.83 Å². The maximum Gasteiger partial charge on any atom is 0.159 e. The van der Waals surface area contributed by atoms with Crippen molar-refractivity contribution in [2.75, 3.05) is 4.90 Å². The van der Waals surface area contributed by atoms with Crippen molar-refractivity contribution in [2.24, 2.45) is 0 Å². The van der Waals surface area contributed by atoms with Crippen LogP contribution in [0.3, 0.4) is 0 Å². The molecule has 0 spiro atoms. The molecule has 0 bridgehead atoms. The van der Waals surface area contributed by atoms with Crippen LogP contribution >= 0.6 is 0 Å². The van der Waals surface area contributed by atoms with Crippen LogP contribution in [-0.2, 0) is 0 Å². The molecule has 0 aliphatic rings. The third kappa shape index (κ3) is 5.76. The molecule has 0 fully saturated rings. The molecule has 57 heavy (non-hydrogen) atoms. The van der Waals surface area contributed by atoms with Gasteiger partial charge in [0.2, 0.25) is 0 Å². The number of rotatable bonds is 7. The molecule has 0 aliphatic heterocycles. The van der Waals surface area contributed by atoms with Gasteiger partial charge in [-0.25, -0.2) is 0 Å². The van der Waals surface area contributed by atoms with Crippen LogP contribution in [-0.4, -0.2) is 0 Å². The smallest absolute Gasteiger partial charge is 0.159 e. The van der Waals surface area contributed by atoms with Gasteiger partial charge in [-0.2, -0.15) is 0 Å². The monoisotopic (exact) mass is 729 g/mol. The molecule has 0 atom stereocenters. The maximum absolute atomic E-state index is 6.95. The average Bonchev–Trinajstić information content (AvgIpc) is 3.86. The summed E-state index contributed by atoms with van der Waals surface area (Å²) in [4.78, 5) is 2.31. The van der Waals surface area contributed by atoms with E-state index in [0.29, 0.717) is 0 Å². The second kappa shape index (κ2) is 13.6. The Kier molecular flexibility index (Phi) is 7.82. The highest BCUT2D eigenvalue weighted by atomic mass is 16.3. The van der Waals surface area contributed by atoms with E-state index in [1.165, 1.54) is 16.7 Å². The van der Waals surface area contributed by atoms with Crippen molar-refractivity contribution in [3.05, 3.63) is 212 Å². The number of hydrogen-bond donors (Lipinski definition) is 0. The molecule has 3 nitrogen and oxygen atoms in total. The summed E-state index contributed by atoms with van der Waals surface area (Å²) in [6.07, 6.45) is 0. The van der Waals surface area contributed by atoms with Crippen LogP contribution in [0.4, 0.5) is 17.1 Å². The first kappa shape index (κ1) is 32.8. The molecule has 0 N–H and O–H groups in total. The summed E-state index contributed by atoms with van der Waals surface area (Å²) < 4.78 is 13.2. The molecule has 9 aromatic carbocycles. The van der Waals surface area contributed by atoms with Gasteiger partial charge in [0, 0.05) is 38.5 Å². The van der Waals surface area contributed by atoms with E-state index in [1.54, 1.807) is 0 Å². The fourth-order valence-electron chi connectivity index (χ4n) is 8.27. The minimum atomic E-state index is 0.843. The van der Waals surface area contributed by atoms with Gasteiger partial charge >= 0.3 is 0 Å². The lowest BCUT2D eigenvalue weighted by molar-refractivity contribution is 0.669. The van der Waals surface area contributed by atoms with Crippen LogP contribution in [0.5, 0.6) is 0 Å². The highest BCUT2D eigenvalue weighted by Gasteiger charge is 2.21. The van der Waals surface area contributed by atoms with Gasteiger partial charge < -0.3 is 13.7 Å². The number of nitrogens with zero attached hydrogens (tertiary/aromatic N) is 1. The zero-order chi connectivity index (χ0) is 37.7. The predicted molar refractivity (Wildman–Crippen MR) is 237 cm³/mol. The van der Waals surface area contributed by atoms with E-state index >= 15 is 0 Å². The van der Waals surface area contributed by atoms with Crippen LogP contribution in [0.25, 0.3) is 88.4 Å². The second-order valence-corrected chi connectivity index (χ2v) is 14.5. The number of anilines is 3. The van der Waals surface area contributed by atoms with Crippen LogP contribution in [0, 0.1) is 0 Å². The van der Waals surface area contributed by atoms with Gasteiger partial charge in [0.25, 0.3) is 0 Å². The summed E-state index contributed by atoms with van der Waals surface area (Å²) in [5, 5.41) is 4.44. The molecule has 2 heterocycles. The molecule has 0 radical (unpaired) electrons. The lowest BCUT2D eigenvalue weighted by atomic mass is 9.98. The Morgan fingerprint density at radius 1 is 0.281 bits per heavy atom. The molecule has 268 valence electrons. The first-order chi connectivity index (χ1) is 28.2. The molecule has 0 aliphatic carbocycles. The van der Waals surface area contributed by atoms with Crippen LogP contribution in [0.2, 0.25) is 0 Å². The summed E-state index contributed by atoms with van der Waals surface area (Å²) in [5.41, 5.74) is 15.7. The fraction of sp³-hybridized carbons (Fsp3) is 0. The van der Waals surface area contributed by atoms with Gasteiger partial charge in [-0.15, -0.1) is 0 Å². The molecule has 11 aromatic rings. The third-order valence-corrected chi connectivity index (χ3v) is 11.1. The van der Waals surface area contributed by atoms with E-state index in [0.717, 1.165) is 88.8 Å². The average molecular weight is 730 g/mol. The van der Waals surface area contributed by atoms with Crippen LogP contribution in [0.1, 0.15) is 0 Å². The van der Waals surface area contributed by atoms with E-state index in [2.05, 4.69) is 199 Å². The fourth-order valence-corrected chi connectivity index (χ4v) is 8.27. The standard InChI is InChI=1S/C54H35NO2/c1-3-12-36(13-4-1)40-16-9-17-41(34-40)37-24-29-43(30-25-37)55(44-31-26-38(27-32-44)42-28-33-47-46-18-7-8-23-51(46)56-52(47)35-42)50-22-11-21-49-48-20-10-19-45(53(48)57-54(49)50)39-14-5-2-6-15-39/h1-35H. The maximum atomic E-state index is 6.95. The molecule has 0 saturated heterocycles. The van der Waals surface area contributed by atoms with E-state index < -0.39 is 0 Å². The Morgan fingerprint density at radius 2 is 0.772 bits per heavy atom. The van der Waals surface area contributed by atoms with Crippen molar-refractivity contribution in [1.29, 1.82) is 0 Å². The highest BCUT2D eigenvalue weighted by molar-refractivity contribution is 6.13. The Hall–Kier alpha value is -7.62. The summed E-state index contributed by atoms with van der Waals surface area (Å²) in [5.74, 6) is 0. The van der Waals surface area contributed by atoms with Crippen molar-refractivity contribution in [3.63, 3.8) is 0 Å². The van der Waals surface area contributed by atoms with Crippen molar-refractivity contribution >= 4 is 60.9 Å². The Balaban J connectivity index is 1.03. The van der Waals surface area contributed by atoms with Crippen molar-refractivity contribution in [1.82, 2.24) is 0 Å². The van der Waals surface area contributed by atoms with Gasteiger partial charge in [0.1, 0.15) is 16.7 Å². The highest BCUT2D eigenvalue weighted by Crippen LogP contribution is 2.45. The van der Waals surface area contributed by atoms with Gasteiger partial charge in [0.15, 0.2) is 5.58 Å². The molecular weight excluding hydrogens is 695 g/mol. The number of fused-ring (bicyclic) bond motifs is 6. The lowest BCUT2D eigenvalue weighted by Gasteiger charge is -2.26. The van der Waals surface area contributed by atoms with Gasteiger partial charge in [-0.3, -0.25) is 0 Å². The number of para-hydroxylation sites is 3. The zero-order valence-electron chi connectivity index (χ0n) is 31.0. The topological polar surface area (TPSA) is 29.5 Å². The van der Waals surface area contributed by atoms with E-state index in [-0.39, 0.29) is 0 Å². The molecule has 0 saturated carbocycles. The first-order valence-electron chi connectivity index (χ1n) is 19.3. The number of benzene rings is 9. The molecule has 0 amide bonds. The second-order valence-electron chi connectivity index (χ2n) is 14.5. The Morgan fingerprint density at radius 3 is 1.47 bits per heavy atom. The SMILES string of the molecule is c1ccc(-c2cccc(-c3ccc(N(c4ccc(-c5ccc6c(c5)oc5ccccc56)cc4)c4cccc5c4oc4c(-c6ccccc6)cccc45)cc3)c2)cc1. The van der Waals surface area contributed by atoms with E-state index in [4.69, 9.17) is 8.83 Å². The number of furan rings is 2. The Labute approximate surface area is 330 Å². The molecule has 11 rings (SSSR count). The van der Waals surface area contributed by atoms with Crippen molar-refractivity contribution in [2.45, 2.75) is 0 Å². The van der Waals surface area contributed by atoms with E-state index in [9.17, 15) is 0 Å². The summed E-state index contributed by atoms with van der Waals surface area (Å²) in [7, 11) is 0. The quantitative estimate of drug-likeness (QED) is 0.164. The molecule has 3 heteroatoms. The summed E-state index contributed by atoms with van der Waals surface area (Å²) >= 11 is 0. The largest absolute Gasteiger partial charge is 0.456 e.